The van der Waals surface area contributed by atoms with Crippen LogP contribution in [0.1, 0.15) is 25.7 Å². The minimum Gasteiger partial charge on any atom is -0.380 e. The Balaban J connectivity index is 1.88. The fourth-order valence-corrected chi connectivity index (χ4v) is 1.99. The predicted molar refractivity (Wildman–Crippen MR) is 52.7 cm³/mol. The molecular weight excluding hydrogens is 196 g/mol. The molecule has 1 saturated heterocycles. The van der Waals surface area contributed by atoms with Gasteiger partial charge in [-0.2, -0.15) is 0 Å². The standard InChI is InChI=1S/C10H16N2O3/c11-8(13)7-1-5-12(6-2-7)9(14)10(15)3-4-10/h7,15H,1-6H2,(H2,11,13). The molecule has 2 amide bonds. The van der Waals surface area contributed by atoms with Crippen molar-refractivity contribution in [2.75, 3.05) is 13.1 Å². The first-order chi connectivity index (χ1) is 7.03. The summed E-state index contributed by atoms with van der Waals surface area (Å²) < 4.78 is 0. The van der Waals surface area contributed by atoms with Crippen LogP contribution in [-0.2, 0) is 9.59 Å². The number of rotatable bonds is 2. The maximum atomic E-state index is 11.7. The Morgan fingerprint density at radius 3 is 2.20 bits per heavy atom. The molecule has 5 nitrogen and oxygen atoms in total. The van der Waals surface area contributed by atoms with E-state index in [-0.39, 0.29) is 17.7 Å². The summed E-state index contributed by atoms with van der Waals surface area (Å²) in [6, 6.07) is 0. The van der Waals surface area contributed by atoms with Gasteiger partial charge in [0, 0.05) is 19.0 Å². The Kier molecular flexibility index (Phi) is 2.42. The molecule has 1 aliphatic carbocycles. The molecule has 1 heterocycles. The van der Waals surface area contributed by atoms with Crippen molar-refractivity contribution in [2.45, 2.75) is 31.3 Å². The SMILES string of the molecule is NC(=O)C1CCN(C(=O)C2(O)CC2)CC1. The average molecular weight is 212 g/mol. The maximum Gasteiger partial charge on any atom is 0.254 e. The van der Waals surface area contributed by atoms with Crippen LogP contribution >= 0.6 is 0 Å². The molecule has 2 fully saturated rings. The molecule has 15 heavy (non-hydrogen) atoms. The van der Waals surface area contributed by atoms with Gasteiger partial charge in [-0.1, -0.05) is 0 Å². The van der Waals surface area contributed by atoms with Crippen LogP contribution in [0, 0.1) is 5.92 Å². The van der Waals surface area contributed by atoms with Crippen molar-refractivity contribution in [3.8, 4) is 0 Å². The van der Waals surface area contributed by atoms with Crippen LogP contribution in [0.5, 0.6) is 0 Å². The van der Waals surface area contributed by atoms with Crippen molar-refractivity contribution >= 4 is 11.8 Å². The van der Waals surface area contributed by atoms with E-state index in [0.29, 0.717) is 38.8 Å². The van der Waals surface area contributed by atoms with Crippen molar-refractivity contribution < 1.29 is 14.7 Å². The molecule has 84 valence electrons. The van der Waals surface area contributed by atoms with Gasteiger partial charge in [0.2, 0.25) is 5.91 Å². The number of piperidine rings is 1. The maximum absolute atomic E-state index is 11.7. The molecule has 5 heteroatoms. The second-order valence-corrected chi connectivity index (χ2v) is 4.50. The summed E-state index contributed by atoms with van der Waals surface area (Å²) >= 11 is 0. The lowest BCUT2D eigenvalue weighted by Gasteiger charge is -2.32. The van der Waals surface area contributed by atoms with E-state index >= 15 is 0 Å². The van der Waals surface area contributed by atoms with Crippen molar-refractivity contribution in [1.82, 2.24) is 4.90 Å². The second kappa shape index (κ2) is 3.48. The fraction of sp³-hybridized carbons (Fsp3) is 0.800. The molecule has 2 rings (SSSR count). The van der Waals surface area contributed by atoms with Gasteiger partial charge < -0.3 is 15.7 Å². The van der Waals surface area contributed by atoms with Crippen molar-refractivity contribution in [1.29, 1.82) is 0 Å². The number of nitrogens with two attached hydrogens (primary N) is 1. The summed E-state index contributed by atoms with van der Waals surface area (Å²) in [5.41, 5.74) is 4.11. The molecule has 0 aromatic heterocycles. The van der Waals surface area contributed by atoms with Crippen LogP contribution in [-0.4, -0.2) is 40.5 Å². The van der Waals surface area contributed by atoms with Gasteiger partial charge in [-0.15, -0.1) is 0 Å². The molecular formula is C10H16N2O3. The number of hydrogen-bond donors (Lipinski definition) is 2. The molecule has 0 atom stereocenters. The molecule has 0 aromatic carbocycles. The fourth-order valence-electron chi connectivity index (χ4n) is 1.99. The minimum absolute atomic E-state index is 0.108. The predicted octanol–water partition coefficient (Wildman–Crippen LogP) is -0.765. The van der Waals surface area contributed by atoms with Crippen LogP contribution in [0.2, 0.25) is 0 Å². The summed E-state index contributed by atoms with van der Waals surface area (Å²) in [5, 5.41) is 9.64. The van der Waals surface area contributed by atoms with Crippen LogP contribution in [0.4, 0.5) is 0 Å². The number of aliphatic hydroxyl groups is 1. The van der Waals surface area contributed by atoms with Gasteiger partial charge in [0.15, 0.2) is 0 Å². The molecule has 0 aromatic rings. The van der Waals surface area contributed by atoms with Crippen LogP contribution in [0.15, 0.2) is 0 Å². The van der Waals surface area contributed by atoms with Crippen LogP contribution in [0.3, 0.4) is 0 Å². The first-order valence-corrected chi connectivity index (χ1v) is 5.34. The van der Waals surface area contributed by atoms with E-state index in [1.54, 1.807) is 4.90 Å². The highest BCUT2D eigenvalue weighted by molar-refractivity contribution is 5.88. The highest BCUT2D eigenvalue weighted by atomic mass is 16.3. The Labute approximate surface area is 88.2 Å². The van der Waals surface area contributed by atoms with Crippen LogP contribution < -0.4 is 5.73 Å². The van der Waals surface area contributed by atoms with E-state index < -0.39 is 5.60 Å². The molecule has 0 radical (unpaired) electrons. The first kappa shape index (κ1) is 10.4. The number of hydrogen-bond acceptors (Lipinski definition) is 3. The third-order valence-electron chi connectivity index (χ3n) is 3.31. The number of amides is 2. The quantitative estimate of drug-likeness (QED) is 0.630. The lowest BCUT2D eigenvalue weighted by atomic mass is 9.96. The molecule has 0 unspecified atom stereocenters. The van der Waals surface area contributed by atoms with E-state index in [1.165, 1.54) is 0 Å². The van der Waals surface area contributed by atoms with E-state index in [2.05, 4.69) is 0 Å². The Bertz CT molecular complexity index is 291. The summed E-state index contributed by atoms with van der Waals surface area (Å²) in [5.74, 6) is -0.569. The summed E-state index contributed by atoms with van der Waals surface area (Å²) in [4.78, 5) is 24.3. The third kappa shape index (κ3) is 1.97. The highest BCUT2D eigenvalue weighted by Crippen LogP contribution is 2.37. The number of nitrogens with zero attached hydrogens (tertiary/aromatic N) is 1. The van der Waals surface area contributed by atoms with Crippen molar-refractivity contribution in [2.24, 2.45) is 11.7 Å². The zero-order chi connectivity index (χ0) is 11.1. The van der Waals surface area contributed by atoms with Gasteiger partial charge in [-0.3, -0.25) is 9.59 Å². The molecule has 0 spiro atoms. The molecule has 3 N–H and O–H groups in total. The number of primary amides is 1. The zero-order valence-electron chi connectivity index (χ0n) is 8.61. The smallest absolute Gasteiger partial charge is 0.254 e. The minimum atomic E-state index is -1.08. The van der Waals surface area contributed by atoms with Crippen LogP contribution in [0.25, 0.3) is 0 Å². The van der Waals surface area contributed by atoms with Gasteiger partial charge in [0.05, 0.1) is 0 Å². The number of likely N-dealkylation sites (tertiary alicyclic amines) is 1. The normalized spacial score (nSPS) is 25.0. The Morgan fingerprint density at radius 2 is 1.80 bits per heavy atom. The summed E-state index contributed by atoms with van der Waals surface area (Å²) in [7, 11) is 0. The molecule has 2 aliphatic rings. The van der Waals surface area contributed by atoms with E-state index in [9.17, 15) is 14.7 Å². The molecule has 0 bridgehead atoms. The van der Waals surface area contributed by atoms with Gasteiger partial charge in [0.1, 0.15) is 5.60 Å². The lowest BCUT2D eigenvalue weighted by molar-refractivity contribution is -0.145. The van der Waals surface area contributed by atoms with Gasteiger partial charge in [0.25, 0.3) is 5.91 Å². The first-order valence-electron chi connectivity index (χ1n) is 5.34. The van der Waals surface area contributed by atoms with Gasteiger partial charge in [-0.25, -0.2) is 0 Å². The monoisotopic (exact) mass is 212 g/mol. The zero-order valence-corrected chi connectivity index (χ0v) is 8.61. The number of carbonyl (C=O) groups excluding carboxylic acids is 2. The topological polar surface area (TPSA) is 83.6 Å². The molecule has 1 saturated carbocycles. The Hall–Kier alpha value is -1.10. The average Bonchev–Trinajstić information content (AvgIpc) is 2.97. The number of carbonyl (C=O) groups is 2. The summed E-state index contributed by atoms with van der Waals surface area (Å²) in [6.07, 6.45) is 2.39. The second-order valence-electron chi connectivity index (χ2n) is 4.50. The van der Waals surface area contributed by atoms with Gasteiger partial charge in [-0.05, 0) is 25.7 Å². The van der Waals surface area contributed by atoms with Crippen molar-refractivity contribution in [3.63, 3.8) is 0 Å². The highest BCUT2D eigenvalue weighted by Gasteiger charge is 2.50. The Morgan fingerprint density at radius 1 is 1.27 bits per heavy atom. The summed E-state index contributed by atoms with van der Waals surface area (Å²) in [6.45, 7) is 1.07. The van der Waals surface area contributed by atoms with E-state index in [0.717, 1.165) is 0 Å². The van der Waals surface area contributed by atoms with Gasteiger partial charge >= 0.3 is 0 Å². The molecule has 1 aliphatic heterocycles. The van der Waals surface area contributed by atoms with E-state index in [1.807, 2.05) is 0 Å². The lowest BCUT2D eigenvalue weighted by Crippen LogP contribution is -2.46. The van der Waals surface area contributed by atoms with E-state index in [4.69, 9.17) is 5.73 Å². The van der Waals surface area contributed by atoms with Crippen molar-refractivity contribution in [3.05, 3.63) is 0 Å². The largest absolute Gasteiger partial charge is 0.380 e. The third-order valence-corrected chi connectivity index (χ3v) is 3.31.